The maximum atomic E-state index is 13.9. The van der Waals surface area contributed by atoms with Gasteiger partial charge in [-0.2, -0.15) is 0 Å². The lowest BCUT2D eigenvalue weighted by molar-refractivity contribution is -0.0306. The first-order chi connectivity index (χ1) is 15.5. The van der Waals surface area contributed by atoms with Crippen LogP contribution in [0.15, 0.2) is 64.7 Å². The number of nitrogens with zero attached hydrogens (tertiary/aromatic N) is 3. The Labute approximate surface area is 194 Å². The van der Waals surface area contributed by atoms with Crippen LogP contribution in [0.2, 0.25) is 5.02 Å². The maximum Gasteiger partial charge on any atom is 0.255 e. The summed E-state index contributed by atoms with van der Waals surface area (Å²) >= 11 is 5.98. The minimum Gasteiger partial charge on any atom is -0.491 e. The number of allylic oxidation sites excluding steroid dienone is 1. The van der Waals surface area contributed by atoms with E-state index in [1.165, 1.54) is 0 Å². The van der Waals surface area contributed by atoms with Gasteiger partial charge in [-0.15, -0.1) is 0 Å². The zero-order chi connectivity index (χ0) is 22.7. The summed E-state index contributed by atoms with van der Waals surface area (Å²) in [6.45, 7) is 8.00. The molecule has 1 aliphatic carbocycles. The summed E-state index contributed by atoms with van der Waals surface area (Å²) < 4.78 is 6.05. The van der Waals surface area contributed by atoms with Crippen molar-refractivity contribution in [3.8, 4) is 5.75 Å². The molecule has 166 valence electrons. The fourth-order valence-corrected chi connectivity index (χ4v) is 4.76. The van der Waals surface area contributed by atoms with E-state index in [0.29, 0.717) is 34.5 Å². The predicted octanol–water partition coefficient (Wildman–Crippen LogP) is 5.70. The van der Waals surface area contributed by atoms with Crippen LogP contribution in [-0.4, -0.2) is 42.1 Å². The molecule has 2 bridgehead atoms. The summed E-state index contributed by atoms with van der Waals surface area (Å²) in [5.41, 5.74) is 2.33. The molecule has 32 heavy (non-hydrogen) atoms. The molecule has 0 radical (unpaired) electrons. The van der Waals surface area contributed by atoms with Crippen LogP contribution in [0.3, 0.4) is 0 Å². The number of aryl methyl sites for hydroxylation is 1. The molecule has 5 nitrogen and oxygen atoms in total. The third kappa shape index (κ3) is 4.63. The molecule has 0 spiro atoms. The molecule has 0 aromatic heterocycles. The number of piperidine rings is 2. The molecule has 1 atom stereocenters. The second kappa shape index (κ2) is 9.70. The second-order valence-corrected chi connectivity index (χ2v) is 8.94. The van der Waals surface area contributed by atoms with E-state index in [2.05, 4.69) is 16.7 Å². The average molecular weight is 450 g/mol. The Morgan fingerprint density at radius 2 is 1.94 bits per heavy atom. The third-order valence-electron chi connectivity index (χ3n) is 6.24. The van der Waals surface area contributed by atoms with Gasteiger partial charge in [-0.3, -0.25) is 4.79 Å². The van der Waals surface area contributed by atoms with Gasteiger partial charge in [-0.25, -0.2) is 9.98 Å². The molecule has 0 N–H and O–H groups in total. The van der Waals surface area contributed by atoms with E-state index >= 15 is 0 Å². The number of hydrogen-bond donors (Lipinski definition) is 0. The van der Waals surface area contributed by atoms with Crippen molar-refractivity contribution in [2.75, 3.05) is 6.61 Å². The maximum absolute atomic E-state index is 13.9. The van der Waals surface area contributed by atoms with Gasteiger partial charge in [-0.05, 0) is 76.1 Å². The van der Waals surface area contributed by atoms with Gasteiger partial charge < -0.3 is 9.64 Å². The van der Waals surface area contributed by atoms with Gasteiger partial charge in [0.05, 0.1) is 11.6 Å². The highest BCUT2D eigenvalue weighted by molar-refractivity contribution is 6.30. The first-order valence-electron chi connectivity index (χ1n) is 11.0. The zero-order valence-electron chi connectivity index (χ0n) is 18.5. The van der Waals surface area contributed by atoms with Gasteiger partial charge in [0, 0.05) is 22.8 Å². The number of aliphatic imine (C=N–C) groups is 2. The van der Waals surface area contributed by atoms with Crippen molar-refractivity contribution >= 4 is 30.1 Å². The first-order valence-corrected chi connectivity index (χ1v) is 11.4. The standard InChI is InChI=1S/C26H28ClN3O2/c1-4-11-29-25(28-3)23-10-5-17(2)12-24(23)26(31)30-20-13-18(14-20)15-21(30)16-32-22-8-6-19(27)7-9-22/h4-12,18,20-21H,3,13-16H2,1-2H3/b11-4-,29-25-. The summed E-state index contributed by atoms with van der Waals surface area (Å²) in [6, 6.07) is 13.4. The second-order valence-electron chi connectivity index (χ2n) is 8.50. The van der Waals surface area contributed by atoms with Crippen molar-refractivity contribution < 1.29 is 9.53 Å². The Balaban J connectivity index is 1.62. The molecular weight excluding hydrogens is 422 g/mol. The van der Waals surface area contributed by atoms with Crippen molar-refractivity contribution in [3.05, 3.63) is 76.5 Å². The van der Waals surface area contributed by atoms with Gasteiger partial charge in [0.2, 0.25) is 0 Å². The summed E-state index contributed by atoms with van der Waals surface area (Å²) in [4.78, 5) is 24.4. The van der Waals surface area contributed by atoms with Gasteiger partial charge in [0.15, 0.2) is 5.84 Å². The predicted molar refractivity (Wildman–Crippen MR) is 130 cm³/mol. The Morgan fingerprint density at radius 1 is 1.19 bits per heavy atom. The molecule has 5 rings (SSSR count). The van der Waals surface area contributed by atoms with Crippen molar-refractivity contribution in [2.24, 2.45) is 15.9 Å². The monoisotopic (exact) mass is 449 g/mol. The highest BCUT2D eigenvalue weighted by Crippen LogP contribution is 2.43. The minimum absolute atomic E-state index is 0.00776. The van der Waals surface area contributed by atoms with Crippen LogP contribution < -0.4 is 4.74 Å². The van der Waals surface area contributed by atoms with Crippen molar-refractivity contribution in [3.63, 3.8) is 0 Å². The number of carbonyl (C=O) groups is 1. The van der Waals surface area contributed by atoms with Crippen LogP contribution in [0.1, 0.15) is 47.7 Å². The molecular formula is C26H28ClN3O2. The largest absolute Gasteiger partial charge is 0.491 e. The minimum atomic E-state index is 0.00776. The van der Waals surface area contributed by atoms with Crippen molar-refractivity contribution in [1.82, 2.24) is 4.90 Å². The summed E-state index contributed by atoms with van der Waals surface area (Å²) in [5.74, 6) is 1.88. The molecule has 2 aromatic carbocycles. The quantitative estimate of drug-likeness (QED) is 0.419. The third-order valence-corrected chi connectivity index (χ3v) is 6.49. The Morgan fingerprint density at radius 3 is 2.62 bits per heavy atom. The smallest absolute Gasteiger partial charge is 0.255 e. The van der Waals surface area contributed by atoms with Crippen molar-refractivity contribution in [1.29, 1.82) is 0 Å². The van der Waals surface area contributed by atoms with E-state index in [9.17, 15) is 4.79 Å². The summed E-state index contributed by atoms with van der Waals surface area (Å²) in [6.07, 6.45) is 6.56. The highest BCUT2D eigenvalue weighted by Gasteiger charge is 2.47. The average Bonchev–Trinajstić information content (AvgIpc) is 2.78. The number of carbonyl (C=O) groups excluding carboxylic acids is 1. The van der Waals surface area contributed by atoms with Gasteiger partial charge >= 0.3 is 0 Å². The normalized spacial score (nSPS) is 22.5. The number of ether oxygens (including phenoxy) is 1. The number of halogens is 1. The van der Waals surface area contributed by atoms with Gasteiger partial charge in [0.25, 0.3) is 5.91 Å². The number of benzene rings is 2. The van der Waals surface area contributed by atoms with E-state index in [1.54, 1.807) is 6.20 Å². The number of hydrogen-bond acceptors (Lipinski definition) is 3. The van der Waals surface area contributed by atoms with Crippen LogP contribution in [0.5, 0.6) is 5.75 Å². The number of fused-ring (bicyclic) bond motifs is 2. The summed E-state index contributed by atoms with van der Waals surface area (Å²) in [5, 5.41) is 0.672. The number of amidine groups is 1. The number of rotatable bonds is 6. The van der Waals surface area contributed by atoms with Gasteiger partial charge in [-0.1, -0.05) is 35.4 Å². The molecule has 1 unspecified atom stereocenters. The fraction of sp³-hybridized carbons (Fsp3) is 0.346. The van der Waals surface area contributed by atoms with Crippen LogP contribution in [-0.2, 0) is 0 Å². The van der Waals surface area contributed by atoms with Gasteiger partial charge in [0.1, 0.15) is 12.4 Å². The molecule has 2 heterocycles. The molecule has 6 heteroatoms. The fourth-order valence-electron chi connectivity index (χ4n) is 4.63. The molecule has 3 fully saturated rings. The molecule has 2 aliphatic heterocycles. The lowest BCUT2D eigenvalue weighted by atomic mass is 9.70. The topological polar surface area (TPSA) is 54.3 Å². The Hall–Kier alpha value is -2.92. The van der Waals surface area contributed by atoms with Crippen LogP contribution >= 0.6 is 11.6 Å². The zero-order valence-corrected chi connectivity index (χ0v) is 19.3. The van der Waals surface area contributed by atoms with E-state index in [-0.39, 0.29) is 18.0 Å². The summed E-state index contributed by atoms with van der Waals surface area (Å²) in [7, 11) is 0. The van der Waals surface area contributed by atoms with E-state index in [4.69, 9.17) is 16.3 Å². The Bertz CT molecular complexity index is 1060. The van der Waals surface area contributed by atoms with Crippen LogP contribution in [0.4, 0.5) is 0 Å². The first kappa shape index (κ1) is 22.3. The van der Waals surface area contributed by atoms with E-state index < -0.39 is 0 Å². The molecule has 2 aromatic rings. The lowest BCUT2D eigenvalue weighted by Crippen LogP contribution is -2.60. The Kier molecular flexibility index (Phi) is 6.75. The van der Waals surface area contributed by atoms with E-state index in [0.717, 1.165) is 30.6 Å². The highest BCUT2D eigenvalue weighted by atomic mass is 35.5. The van der Waals surface area contributed by atoms with Crippen LogP contribution in [0, 0.1) is 12.8 Å². The SMILES string of the molecule is C=N/C(=N\C=C/C)c1ccc(C)cc1C(=O)N1C(COc2ccc(Cl)cc2)CC2CC1C2. The number of amides is 1. The van der Waals surface area contributed by atoms with Crippen molar-refractivity contribution in [2.45, 2.75) is 45.2 Å². The van der Waals surface area contributed by atoms with E-state index in [1.807, 2.05) is 67.3 Å². The lowest BCUT2D eigenvalue weighted by Gasteiger charge is -2.53. The molecule has 1 amide bonds. The molecule has 2 saturated heterocycles. The molecule has 1 saturated carbocycles. The van der Waals surface area contributed by atoms with Crippen LogP contribution in [0.25, 0.3) is 0 Å². The molecule has 3 aliphatic rings.